The lowest BCUT2D eigenvalue weighted by Gasteiger charge is -2.22. The second kappa shape index (κ2) is 13.1. The molecule has 0 aromatic heterocycles. The number of para-hydroxylation sites is 1. The van der Waals surface area contributed by atoms with Gasteiger partial charge in [0.15, 0.2) is 17.5 Å². The maximum atomic E-state index is 5.74. The van der Waals surface area contributed by atoms with Crippen molar-refractivity contribution < 1.29 is 14.2 Å². The van der Waals surface area contributed by atoms with Crippen LogP contribution in [-0.2, 0) is 6.42 Å². The van der Waals surface area contributed by atoms with E-state index in [4.69, 9.17) is 14.2 Å². The van der Waals surface area contributed by atoms with E-state index in [-0.39, 0.29) is 24.0 Å². The molecule has 0 fully saturated rings. The van der Waals surface area contributed by atoms with Crippen LogP contribution in [0, 0.1) is 0 Å². The highest BCUT2D eigenvalue weighted by Crippen LogP contribution is 2.27. The number of aliphatic imine (C=N–C) groups is 1. The number of methoxy groups -OCH3 is 2. The Balaban J connectivity index is 0.00000392. The number of rotatable bonds is 9. The third-order valence-corrected chi connectivity index (χ3v) is 4.16. The maximum absolute atomic E-state index is 5.74. The summed E-state index contributed by atoms with van der Waals surface area (Å²) in [7, 11) is 7.07. The van der Waals surface area contributed by atoms with Gasteiger partial charge >= 0.3 is 0 Å². The lowest BCUT2D eigenvalue weighted by atomic mass is 10.1. The number of nitrogens with one attached hydrogen (secondary N) is 1. The van der Waals surface area contributed by atoms with Crippen LogP contribution in [0.1, 0.15) is 5.56 Å². The van der Waals surface area contributed by atoms with Crippen molar-refractivity contribution in [3.63, 3.8) is 0 Å². The summed E-state index contributed by atoms with van der Waals surface area (Å²) in [6.45, 7) is 2.11. The molecule has 0 unspecified atom stereocenters. The number of halogens is 1. The first-order chi connectivity index (χ1) is 13.2. The zero-order valence-electron chi connectivity index (χ0n) is 17.0. The van der Waals surface area contributed by atoms with E-state index in [9.17, 15) is 0 Å². The Morgan fingerprint density at radius 3 is 2.39 bits per heavy atom. The molecule has 0 saturated carbocycles. The first-order valence-corrected chi connectivity index (χ1v) is 8.98. The average Bonchev–Trinajstić information content (AvgIpc) is 2.71. The topological polar surface area (TPSA) is 55.3 Å². The minimum absolute atomic E-state index is 0. The van der Waals surface area contributed by atoms with Gasteiger partial charge in [0.1, 0.15) is 12.4 Å². The Kier molecular flexibility index (Phi) is 11.2. The number of hydrogen-bond acceptors (Lipinski definition) is 4. The van der Waals surface area contributed by atoms with E-state index in [1.807, 2.05) is 55.6 Å². The molecule has 6 nitrogen and oxygen atoms in total. The van der Waals surface area contributed by atoms with Crippen molar-refractivity contribution in [3.8, 4) is 17.2 Å². The van der Waals surface area contributed by atoms with Crippen LogP contribution in [0.15, 0.2) is 53.5 Å². The molecule has 0 heterocycles. The molecule has 0 spiro atoms. The van der Waals surface area contributed by atoms with Crippen LogP contribution in [-0.4, -0.2) is 58.9 Å². The van der Waals surface area contributed by atoms with Gasteiger partial charge in [0.05, 0.1) is 20.8 Å². The maximum Gasteiger partial charge on any atom is 0.193 e. The van der Waals surface area contributed by atoms with Crippen molar-refractivity contribution >= 4 is 29.9 Å². The fourth-order valence-corrected chi connectivity index (χ4v) is 2.66. The summed E-state index contributed by atoms with van der Waals surface area (Å²) in [4.78, 5) is 6.39. The number of guanidine groups is 1. The summed E-state index contributed by atoms with van der Waals surface area (Å²) in [5.74, 6) is 3.20. The van der Waals surface area contributed by atoms with E-state index in [0.717, 1.165) is 42.7 Å². The predicted molar refractivity (Wildman–Crippen MR) is 125 cm³/mol. The van der Waals surface area contributed by atoms with Gasteiger partial charge in [-0.15, -0.1) is 24.0 Å². The summed E-state index contributed by atoms with van der Waals surface area (Å²) in [6, 6.07) is 15.8. The minimum Gasteiger partial charge on any atom is -0.493 e. The van der Waals surface area contributed by atoms with Gasteiger partial charge in [0.2, 0.25) is 0 Å². The van der Waals surface area contributed by atoms with Crippen molar-refractivity contribution in [2.24, 2.45) is 4.99 Å². The van der Waals surface area contributed by atoms with Gasteiger partial charge in [-0.25, -0.2) is 0 Å². The molecule has 0 saturated heterocycles. The second-order valence-corrected chi connectivity index (χ2v) is 6.00. The normalized spacial score (nSPS) is 10.6. The van der Waals surface area contributed by atoms with Crippen LogP contribution in [0.3, 0.4) is 0 Å². The quantitative estimate of drug-likeness (QED) is 0.326. The predicted octanol–water partition coefficient (Wildman–Crippen LogP) is 3.45. The minimum atomic E-state index is 0. The van der Waals surface area contributed by atoms with Gasteiger partial charge in [0.25, 0.3) is 0 Å². The first-order valence-electron chi connectivity index (χ1n) is 8.98. The molecule has 154 valence electrons. The van der Waals surface area contributed by atoms with E-state index in [1.54, 1.807) is 21.3 Å². The molecule has 0 radical (unpaired) electrons. The molecule has 2 rings (SSSR count). The lowest BCUT2D eigenvalue weighted by molar-refractivity contribution is 0.281. The molecule has 0 amide bonds. The molecule has 7 heteroatoms. The largest absolute Gasteiger partial charge is 0.493 e. The highest BCUT2D eigenvalue weighted by Gasteiger charge is 2.07. The Morgan fingerprint density at radius 2 is 1.75 bits per heavy atom. The van der Waals surface area contributed by atoms with Gasteiger partial charge in [-0.3, -0.25) is 4.99 Å². The summed E-state index contributed by atoms with van der Waals surface area (Å²) < 4.78 is 16.4. The fraction of sp³-hybridized carbons (Fsp3) is 0.381. The Bertz CT molecular complexity index is 726. The van der Waals surface area contributed by atoms with Gasteiger partial charge in [-0.05, 0) is 36.2 Å². The third kappa shape index (κ3) is 7.46. The van der Waals surface area contributed by atoms with Crippen LogP contribution >= 0.6 is 24.0 Å². The van der Waals surface area contributed by atoms with Crippen LogP contribution in [0.5, 0.6) is 17.2 Å². The van der Waals surface area contributed by atoms with Gasteiger partial charge in [-0.1, -0.05) is 24.3 Å². The highest BCUT2D eigenvalue weighted by atomic mass is 127. The van der Waals surface area contributed by atoms with Gasteiger partial charge < -0.3 is 24.4 Å². The zero-order valence-corrected chi connectivity index (χ0v) is 19.3. The first kappa shape index (κ1) is 23.9. The van der Waals surface area contributed by atoms with Crippen LogP contribution in [0.2, 0.25) is 0 Å². The molecule has 0 aliphatic carbocycles. The number of hydrogen-bond donors (Lipinski definition) is 1. The molecule has 2 aromatic carbocycles. The van der Waals surface area contributed by atoms with Crippen molar-refractivity contribution in [1.82, 2.24) is 10.2 Å². The standard InChI is InChI=1S/C21H29N3O3.HI/c1-22-21(24(2)14-15-27-18-8-6-5-7-9-18)23-13-12-17-10-11-19(25-3)20(16-17)26-4;/h5-11,16H,12-15H2,1-4H3,(H,22,23);1H. The van der Waals surface area contributed by atoms with Crippen molar-refractivity contribution in [2.45, 2.75) is 6.42 Å². The van der Waals surface area contributed by atoms with Gasteiger partial charge in [0, 0.05) is 20.6 Å². The molecule has 0 aliphatic rings. The molecule has 0 bridgehead atoms. The Labute approximate surface area is 184 Å². The SMILES string of the molecule is CN=C(NCCc1ccc(OC)c(OC)c1)N(C)CCOc1ccccc1.I. The smallest absolute Gasteiger partial charge is 0.193 e. The summed E-state index contributed by atoms with van der Waals surface area (Å²) in [6.07, 6.45) is 0.855. The number of benzene rings is 2. The fourth-order valence-electron chi connectivity index (χ4n) is 2.66. The molecular formula is C21H30IN3O3. The number of nitrogens with zero attached hydrogens (tertiary/aromatic N) is 2. The highest BCUT2D eigenvalue weighted by molar-refractivity contribution is 14.0. The molecule has 0 aliphatic heterocycles. The van der Waals surface area contributed by atoms with Crippen LogP contribution in [0.4, 0.5) is 0 Å². The van der Waals surface area contributed by atoms with Crippen molar-refractivity contribution in [2.75, 3.05) is 48.0 Å². The second-order valence-electron chi connectivity index (χ2n) is 6.00. The van der Waals surface area contributed by atoms with Crippen molar-refractivity contribution in [3.05, 3.63) is 54.1 Å². The Morgan fingerprint density at radius 1 is 1.04 bits per heavy atom. The van der Waals surface area contributed by atoms with Gasteiger partial charge in [-0.2, -0.15) is 0 Å². The Hall–Kier alpha value is -2.16. The number of likely N-dealkylation sites (N-methyl/N-ethyl adjacent to an activating group) is 1. The summed E-state index contributed by atoms with van der Waals surface area (Å²) in [5, 5.41) is 3.38. The molecule has 2 aromatic rings. The van der Waals surface area contributed by atoms with Crippen LogP contribution < -0.4 is 19.5 Å². The number of ether oxygens (including phenoxy) is 3. The molecule has 28 heavy (non-hydrogen) atoms. The van der Waals surface area contributed by atoms with E-state index in [1.165, 1.54) is 5.56 Å². The monoisotopic (exact) mass is 499 g/mol. The van der Waals surface area contributed by atoms with E-state index >= 15 is 0 Å². The van der Waals surface area contributed by atoms with E-state index < -0.39 is 0 Å². The zero-order chi connectivity index (χ0) is 19.5. The average molecular weight is 499 g/mol. The lowest BCUT2D eigenvalue weighted by Crippen LogP contribution is -2.41. The van der Waals surface area contributed by atoms with E-state index in [2.05, 4.69) is 15.2 Å². The van der Waals surface area contributed by atoms with Crippen molar-refractivity contribution in [1.29, 1.82) is 0 Å². The van der Waals surface area contributed by atoms with Crippen LogP contribution in [0.25, 0.3) is 0 Å². The third-order valence-electron chi connectivity index (χ3n) is 4.16. The molecule has 1 N–H and O–H groups in total. The summed E-state index contributed by atoms with van der Waals surface area (Å²) in [5.41, 5.74) is 1.17. The molecular weight excluding hydrogens is 469 g/mol. The summed E-state index contributed by atoms with van der Waals surface area (Å²) >= 11 is 0. The molecule has 0 atom stereocenters. The van der Waals surface area contributed by atoms with E-state index in [0.29, 0.717) is 6.61 Å².